The Kier molecular flexibility index (Phi) is 4.39. The normalized spacial score (nSPS) is 11.9. The molecule has 104 valence electrons. The Hall–Kier alpha value is -1.88. The summed E-state index contributed by atoms with van der Waals surface area (Å²) >= 11 is 3.48. The van der Waals surface area contributed by atoms with E-state index in [-0.39, 0.29) is 16.7 Å². The minimum absolute atomic E-state index is 0.135. The number of anilines is 1. The van der Waals surface area contributed by atoms with Gasteiger partial charge in [0.25, 0.3) is 5.69 Å². The molecule has 5 heteroatoms. The second-order valence-electron chi connectivity index (χ2n) is 4.67. The molecular weight excluding hydrogens is 320 g/mol. The zero-order valence-electron chi connectivity index (χ0n) is 11.3. The van der Waals surface area contributed by atoms with E-state index in [0.29, 0.717) is 5.56 Å². The highest BCUT2D eigenvalue weighted by Gasteiger charge is 2.18. The van der Waals surface area contributed by atoms with Crippen LogP contribution in [0.1, 0.15) is 24.1 Å². The van der Waals surface area contributed by atoms with E-state index in [4.69, 9.17) is 0 Å². The van der Waals surface area contributed by atoms with Crippen LogP contribution < -0.4 is 5.32 Å². The lowest BCUT2D eigenvalue weighted by atomic mass is 10.1. The quantitative estimate of drug-likeness (QED) is 0.642. The number of benzene rings is 2. The lowest BCUT2D eigenvalue weighted by Gasteiger charge is -2.17. The molecule has 2 aromatic carbocycles. The predicted molar refractivity (Wildman–Crippen MR) is 84.0 cm³/mol. The number of halogens is 1. The van der Waals surface area contributed by atoms with E-state index in [0.717, 1.165) is 15.7 Å². The van der Waals surface area contributed by atoms with Crippen molar-refractivity contribution in [1.29, 1.82) is 0 Å². The molecule has 4 nitrogen and oxygen atoms in total. The van der Waals surface area contributed by atoms with Crippen molar-refractivity contribution in [2.75, 3.05) is 5.32 Å². The number of nitro groups is 1. The maximum Gasteiger partial charge on any atom is 0.274 e. The average molecular weight is 335 g/mol. The van der Waals surface area contributed by atoms with E-state index in [1.165, 1.54) is 6.07 Å². The molecule has 0 saturated carbocycles. The van der Waals surface area contributed by atoms with Crippen LogP contribution in [0.4, 0.5) is 11.4 Å². The van der Waals surface area contributed by atoms with Gasteiger partial charge in [0.1, 0.15) is 0 Å². The van der Waals surface area contributed by atoms with Gasteiger partial charge in [-0.2, -0.15) is 0 Å². The third-order valence-electron chi connectivity index (χ3n) is 3.09. The molecule has 0 bridgehead atoms. The Morgan fingerprint density at radius 2 is 1.95 bits per heavy atom. The maximum atomic E-state index is 11.1. The van der Waals surface area contributed by atoms with Gasteiger partial charge in [-0.1, -0.05) is 24.3 Å². The van der Waals surface area contributed by atoms with Gasteiger partial charge in [0, 0.05) is 16.2 Å². The fraction of sp³-hybridized carbons (Fsp3) is 0.200. The first-order valence-corrected chi connectivity index (χ1v) is 7.04. The van der Waals surface area contributed by atoms with E-state index in [1.54, 1.807) is 12.1 Å². The Balaban J connectivity index is 2.31. The molecule has 0 saturated heterocycles. The maximum absolute atomic E-state index is 11.1. The van der Waals surface area contributed by atoms with E-state index in [9.17, 15) is 10.1 Å². The van der Waals surface area contributed by atoms with Crippen LogP contribution in [0.25, 0.3) is 0 Å². The van der Waals surface area contributed by atoms with Gasteiger partial charge < -0.3 is 5.32 Å². The van der Waals surface area contributed by atoms with Crippen molar-refractivity contribution in [3.63, 3.8) is 0 Å². The average Bonchev–Trinajstić information content (AvgIpc) is 2.42. The molecule has 2 aromatic rings. The SMILES string of the molecule is Cc1ccc(Br)c(NC(C)c2ccccc2[N+](=O)[O-])c1. The standard InChI is InChI=1S/C15H15BrN2O2/c1-10-7-8-13(16)14(9-10)17-11(2)12-5-3-4-6-15(12)18(19)20/h3-9,11,17H,1-2H3. The molecule has 1 unspecified atom stereocenters. The van der Waals surface area contributed by atoms with Crippen molar-refractivity contribution in [3.05, 3.63) is 68.2 Å². The van der Waals surface area contributed by atoms with Gasteiger partial charge in [-0.25, -0.2) is 0 Å². The summed E-state index contributed by atoms with van der Waals surface area (Å²) in [4.78, 5) is 10.7. The summed E-state index contributed by atoms with van der Waals surface area (Å²) in [6.45, 7) is 3.92. The summed E-state index contributed by atoms with van der Waals surface area (Å²) in [7, 11) is 0. The number of rotatable bonds is 4. The molecule has 0 fully saturated rings. The lowest BCUT2D eigenvalue weighted by molar-refractivity contribution is -0.385. The van der Waals surface area contributed by atoms with Crippen molar-refractivity contribution >= 4 is 27.3 Å². The first-order valence-electron chi connectivity index (χ1n) is 6.25. The topological polar surface area (TPSA) is 55.2 Å². The molecule has 0 amide bonds. The van der Waals surface area contributed by atoms with Crippen molar-refractivity contribution in [2.45, 2.75) is 19.9 Å². The second-order valence-corrected chi connectivity index (χ2v) is 5.52. The van der Waals surface area contributed by atoms with Gasteiger partial charge in [0.15, 0.2) is 0 Å². The Labute approximate surface area is 126 Å². The highest BCUT2D eigenvalue weighted by molar-refractivity contribution is 9.10. The van der Waals surface area contributed by atoms with Gasteiger partial charge in [-0.15, -0.1) is 0 Å². The molecule has 0 heterocycles. The van der Waals surface area contributed by atoms with Crippen LogP contribution in [0.15, 0.2) is 46.9 Å². The van der Waals surface area contributed by atoms with E-state index < -0.39 is 0 Å². The number of hydrogen-bond acceptors (Lipinski definition) is 3. The highest BCUT2D eigenvalue weighted by Crippen LogP contribution is 2.31. The summed E-state index contributed by atoms with van der Waals surface area (Å²) in [6, 6.07) is 12.6. The fourth-order valence-electron chi connectivity index (χ4n) is 2.08. The molecule has 1 N–H and O–H groups in total. The van der Waals surface area contributed by atoms with Gasteiger partial charge >= 0.3 is 0 Å². The molecule has 0 spiro atoms. The number of aryl methyl sites for hydroxylation is 1. The third-order valence-corrected chi connectivity index (χ3v) is 3.79. The third kappa shape index (κ3) is 3.17. The van der Waals surface area contributed by atoms with Crippen molar-refractivity contribution in [3.8, 4) is 0 Å². The van der Waals surface area contributed by atoms with Crippen molar-refractivity contribution in [1.82, 2.24) is 0 Å². The number of nitrogens with zero attached hydrogens (tertiary/aromatic N) is 1. The van der Waals surface area contributed by atoms with Crippen molar-refractivity contribution < 1.29 is 4.92 Å². The second kappa shape index (κ2) is 6.05. The summed E-state index contributed by atoms with van der Waals surface area (Å²) in [5, 5.41) is 14.4. The molecule has 0 aliphatic carbocycles. The van der Waals surface area contributed by atoms with Crippen LogP contribution in [0.2, 0.25) is 0 Å². The molecule has 20 heavy (non-hydrogen) atoms. The molecule has 0 radical (unpaired) electrons. The zero-order valence-corrected chi connectivity index (χ0v) is 12.8. The molecular formula is C15H15BrN2O2. The van der Waals surface area contributed by atoms with Gasteiger partial charge in [0.2, 0.25) is 0 Å². The Morgan fingerprint density at radius 3 is 2.65 bits per heavy atom. The summed E-state index contributed by atoms with van der Waals surface area (Å²) in [6.07, 6.45) is 0. The number of hydrogen-bond donors (Lipinski definition) is 1. The lowest BCUT2D eigenvalue weighted by Crippen LogP contribution is -2.09. The van der Waals surface area contributed by atoms with E-state index in [2.05, 4.69) is 21.2 Å². The Bertz CT molecular complexity index is 644. The number of nitro benzene ring substituents is 1. The minimum Gasteiger partial charge on any atom is -0.377 e. The zero-order chi connectivity index (χ0) is 14.7. The fourth-order valence-corrected chi connectivity index (χ4v) is 2.44. The number of para-hydroxylation sites is 1. The molecule has 0 aliphatic heterocycles. The largest absolute Gasteiger partial charge is 0.377 e. The molecule has 1 atom stereocenters. The van der Waals surface area contributed by atoms with Gasteiger partial charge in [-0.05, 0) is 47.5 Å². The van der Waals surface area contributed by atoms with Crippen LogP contribution >= 0.6 is 15.9 Å². The minimum atomic E-state index is -0.348. The molecule has 0 aliphatic rings. The van der Waals surface area contributed by atoms with Crippen LogP contribution in [0, 0.1) is 17.0 Å². The van der Waals surface area contributed by atoms with Crippen LogP contribution in [-0.2, 0) is 0 Å². The van der Waals surface area contributed by atoms with Gasteiger partial charge in [0.05, 0.1) is 16.5 Å². The van der Waals surface area contributed by atoms with Gasteiger partial charge in [-0.3, -0.25) is 10.1 Å². The van der Waals surface area contributed by atoms with Crippen LogP contribution in [-0.4, -0.2) is 4.92 Å². The van der Waals surface area contributed by atoms with Crippen molar-refractivity contribution in [2.24, 2.45) is 0 Å². The molecule has 0 aromatic heterocycles. The predicted octanol–water partition coefficient (Wildman–Crippen LogP) is 4.84. The first-order chi connectivity index (χ1) is 9.49. The monoisotopic (exact) mass is 334 g/mol. The van der Waals surface area contributed by atoms with E-state index in [1.807, 2.05) is 38.1 Å². The van der Waals surface area contributed by atoms with Crippen LogP contribution in [0.5, 0.6) is 0 Å². The first kappa shape index (κ1) is 14.5. The summed E-state index contributed by atoms with van der Waals surface area (Å²) < 4.78 is 0.938. The van der Waals surface area contributed by atoms with Crippen LogP contribution in [0.3, 0.4) is 0 Å². The smallest absolute Gasteiger partial charge is 0.274 e. The summed E-state index contributed by atoms with van der Waals surface area (Å²) in [5.74, 6) is 0. The summed E-state index contributed by atoms with van der Waals surface area (Å²) in [5.41, 5.74) is 2.86. The number of nitrogens with one attached hydrogen (secondary N) is 1. The molecule has 2 rings (SSSR count). The van der Waals surface area contributed by atoms with E-state index >= 15 is 0 Å². The Morgan fingerprint density at radius 1 is 1.25 bits per heavy atom. The highest BCUT2D eigenvalue weighted by atomic mass is 79.9.